The van der Waals surface area contributed by atoms with Gasteiger partial charge in [0.05, 0.1) is 36.3 Å². The van der Waals surface area contributed by atoms with Crippen LogP contribution >= 0.6 is 0 Å². The molecule has 35 heavy (non-hydrogen) atoms. The maximum absolute atomic E-state index is 12.7. The first kappa shape index (κ1) is 26.8. The van der Waals surface area contributed by atoms with Crippen LogP contribution in [0.4, 0.5) is 18.9 Å². The number of alkyl halides is 3. The highest BCUT2D eigenvalue weighted by Gasteiger charge is 2.34. The SMILES string of the molecule is C[C@@H]1CN([C@@H](CN(c2ccc(Oc3ccc(C(F)(F)F)cc3)cc2)S(C)(=O)=O)C(N)=O)C[C@H](C)O1. The van der Waals surface area contributed by atoms with Crippen LogP contribution in [0.3, 0.4) is 0 Å². The number of sulfonamides is 1. The Labute approximate surface area is 202 Å². The molecule has 1 aliphatic rings. The summed E-state index contributed by atoms with van der Waals surface area (Å²) < 4.78 is 75.7. The van der Waals surface area contributed by atoms with E-state index in [1.165, 1.54) is 36.4 Å². The molecule has 0 aromatic heterocycles. The van der Waals surface area contributed by atoms with Gasteiger partial charge in [-0.25, -0.2) is 8.42 Å². The summed E-state index contributed by atoms with van der Waals surface area (Å²) in [6.07, 6.45) is -3.71. The molecular formula is C23H28F3N3O5S. The van der Waals surface area contributed by atoms with Gasteiger partial charge in [0, 0.05) is 13.1 Å². The number of carbonyl (C=O) groups excluding carboxylic acids is 1. The van der Waals surface area contributed by atoms with Crippen LogP contribution in [0.1, 0.15) is 19.4 Å². The zero-order chi connectivity index (χ0) is 26.0. The number of benzene rings is 2. The van der Waals surface area contributed by atoms with Crippen LogP contribution in [0.25, 0.3) is 0 Å². The number of hydrogen-bond acceptors (Lipinski definition) is 6. The lowest BCUT2D eigenvalue weighted by molar-refractivity contribution is -0.137. The van der Waals surface area contributed by atoms with Crippen molar-refractivity contribution in [3.8, 4) is 11.5 Å². The third-order valence-corrected chi connectivity index (χ3v) is 6.66. The van der Waals surface area contributed by atoms with Crippen LogP contribution < -0.4 is 14.8 Å². The van der Waals surface area contributed by atoms with Crippen LogP contribution in [0.15, 0.2) is 48.5 Å². The second-order valence-electron chi connectivity index (χ2n) is 8.54. The number of halogens is 3. The molecule has 3 atom stereocenters. The summed E-state index contributed by atoms with van der Waals surface area (Å²) in [5.41, 5.74) is 5.13. The molecule has 1 saturated heterocycles. The molecule has 0 unspecified atom stereocenters. The van der Waals surface area contributed by atoms with Gasteiger partial charge in [0.2, 0.25) is 15.9 Å². The second-order valence-corrected chi connectivity index (χ2v) is 10.4. The van der Waals surface area contributed by atoms with Crippen molar-refractivity contribution in [3.63, 3.8) is 0 Å². The lowest BCUT2D eigenvalue weighted by Crippen LogP contribution is -2.58. The topological polar surface area (TPSA) is 102 Å². The molecule has 0 radical (unpaired) electrons. The molecular weight excluding hydrogens is 487 g/mol. The number of primary amides is 1. The van der Waals surface area contributed by atoms with E-state index in [9.17, 15) is 26.4 Å². The van der Waals surface area contributed by atoms with Crippen LogP contribution in [-0.4, -0.2) is 63.4 Å². The summed E-state index contributed by atoms with van der Waals surface area (Å²) in [7, 11) is -3.78. The molecule has 2 aromatic carbocycles. The first-order valence-electron chi connectivity index (χ1n) is 10.9. The normalized spacial score (nSPS) is 20.3. The first-order chi connectivity index (χ1) is 16.2. The molecule has 0 saturated carbocycles. The molecule has 1 fully saturated rings. The van der Waals surface area contributed by atoms with Crippen LogP contribution in [0, 0.1) is 0 Å². The van der Waals surface area contributed by atoms with Gasteiger partial charge < -0.3 is 15.2 Å². The molecule has 1 aliphatic heterocycles. The smallest absolute Gasteiger partial charge is 0.416 e. The predicted octanol–water partition coefficient (Wildman–Crippen LogP) is 3.23. The Morgan fingerprint density at radius 1 is 1.09 bits per heavy atom. The second kappa shape index (κ2) is 10.4. The Hall–Kier alpha value is -2.83. The molecule has 0 aliphatic carbocycles. The first-order valence-corrected chi connectivity index (χ1v) is 12.7. The Bertz CT molecular complexity index is 1110. The van der Waals surface area contributed by atoms with Gasteiger partial charge in [-0.05, 0) is 62.4 Å². The number of amides is 1. The van der Waals surface area contributed by atoms with Gasteiger partial charge in [0.15, 0.2) is 0 Å². The van der Waals surface area contributed by atoms with E-state index in [0.29, 0.717) is 18.8 Å². The number of nitrogens with two attached hydrogens (primary N) is 1. The molecule has 1 heterocycles. The van der Waals surface area contributed by atoms with Crippen molar-refractivity contribution in [2.24, 2.45) is 5.73 Å². The van der Waals surface area contributed by atoms with Crippen molar-refractivity contribution in [3.05, 3.63) is 54.1 Å². The molecule has 0 bridgehead atoms. The van der Waals surface area contributed by atoms with Gasteiger partial charge in [-0.2, -0.15) is 13.2 Å². The van der Waals surface area contributed by atoms with Crippen molar-refractivity contribution >= 4 is 21.6 Å². The quantitative estimate of drug-likeness (QED) is 0.579. The molecule has 8 nitrogen and oxygen atoms in total. The third-order valence-electron chi connectivity index (χ3n) is 5.50. The summed E-state index contributed by atoms with van der Waals surface area (Å²) in [6.45, 7) is 4.40. The average Bonchev–Trinajstić information content (AvgIpc) is 2.73. The summed E-state index contributed by atoms with van der Waals surface area (Å²) >= 11 is 0. The number of morpholine rings is 1. The number of hydrogen-bond donors (Lipinski definition) is 1. The van der Waals surface area contributed by atoms with Gasteiger partial charge >= 0.3 is 6.18 Å². The maximum Gasteiger partial charge on any atom is 0.416 e. The number of anilines is 1. The van der Waals surface area contributed by atoms with Gasteiger partial charge in [-0.3, -0.25) is 14.0 Å². The van der Waals surface area contributed by atoms with E-state index < -0.39 is 33.7 Å². The van der Waals surface area contributed by atoms with E-state index in [4.69, 9.17) is 15.2 Å². The molecule has 12 heteroatoms. The molecule has 1 amide bonds. The Kier molecular flexibility index (Phi) is 7.97. The van der Waals surface area contributed by atoms with Crippen molar-refractivity contribution in [2.45, 2.75) is 38.3 Å². The lowest BCUT2D eigenvalue weighted by Gasteiger charge is -2.40. The number of ether oxygens (including phenoxy) is 2. The zero-order valence-electron chi connectivity index (χ0n) is 19.5. The minimum Gasteiger partial charge on any atom is -0.457 e. The van der Waals surface area contributed by atoms with Gasteiger partial charge in [0.1, 0.15) is 17.5 Å². The van der Waals surface area contributed by atoms with Gasteiger partial charge in [0.25, 0.3) is 0 Å². The maximum atomic E-state index is 12.7. The van der Waals surface area contributed by atoms with Crippen molar-refractivity contribution in [1.82, 2.24) is 4.90 Å². The minimum atomic E-state index is -4.45. The fraction of sp³-hybridized carbons (Fsp3) is 0.435. The van der Waals surface area contributed by atoms with E-state index in [0.717, 1.165) is 22.7 Å². The minimum absolute atomic E-state index is 0.145. The standard InChI is InChI=1S/C23H28F3N3O5S/c1-15-12-28(13-16(2)33-15)21(22(27)30)14-29(35(3,31)32)18-6-10-20(11-7-18)34-19-8-4-17(5-9-19)23(24,25)26/h4-11,15-16,21H,12-14H2,1-3H3,(H2,27,30)/t15-,16+,21-/m0/s1. The lowest BCUT2D eigenvalue weighted by atomic mass is 10.1. The highest BCUT2D eigenvalue weighted by Crippen LogP contribution is 2.32. The number of rotatable bonds is 8. The van der Waals surface area contributed by atoms with E-state index in [1.807, 2.05) is 18.7 Å². The Morgan fingerprint density at radius 2 is 1.57 bits per heavy atom. The Morgan fingerprint density at radius 3 is 2.00 bits per heavy atom. The van der Waals surface area contributed by atoms with Gasteiger partial charge in [-0.15, -0.1) is 0 Å². The predicted molar refractivity (Wildman–Crippen MR) is 125 cm³/mol. The third kappa shape index (κ3) is 7.09. The Balaban J connectivity index is 1.78. The average molecular weight is 516 g/mol. The molecule has 192 valence electrons. The fourth-order valence-corrected chi connectivity index (χ4v) is 4.89. The molecule has 2 aromatic rings. The largest absolute Gasteiger partial charge is 0.457 e. The fourth-order valence-electron chi connectivity index (χ4n) is 3.98. The van der Waals surface area contributed by atoms with E-state index in [2.05, 4.69) is 0 Å². The monoisotopic (exact) mass is 515 g/mol. The highest BCUT2D eigenvalue weighted by molar-refractivity contribution is 7.92. The molecule has 2 N–H and O–H groups in total. The summed E-state index contributed by atoms with van der Waals surface area (Å²) in [5.74, 6) is -0.165. The number of nitrogens with zero attached hydrogens (tertiary/aromatic N) is 2. The van der Waals surface area contributed by atoms with Crippen molar-refractivity contribution in [1.29, 1.82) is 0 Å². The summed E-state index contributed by atoms with van der Waals surface area (Å²) in [5, 5.41) is 0. The van der Waals surface area contributed by atoms with Crippen LogP contribution in [0.2, 0.25) is 0 Å². The molecule has 3 rings (SSSR count). The zero-order valence-corrected chi connectivity index (χ0v) is 20.3. The van der Waals surface area contributed by atoms with Crippen LogP contribution in [-0.2, 0) is 25.7 Å². The van der Waals surface area contributed by atoms with E-state index in [-0.39, 0.29) is 30.2 Å². The van der Waals surface area contributed by atoms with E-state index in [1.54, 1.807) is 0 Å². The number of carbonyl (C=O) groups is 1. The molecule has 0 spiro atoms. The summed E-state index contributed by atoms with van der Waals surface area (Å²) in [6, 6.07) is 9.29. The van der Waals surface area contributed by atoms with Crippen molar-refractivity contribution < 1.29 is 35.9 Å². The summed E-state index contributed by atoms with van der Waals surface area (Å²) in [4.78, 5) is 14.1. The van der Waals surface area contributed by atoms with Crippen molar-refractivity contribution in [2.75, 3.05) is 30.2 Å². The van der Waals surface area contributed by atoms with Gasteiger partial charge in [-0.1, -0.05) is 0 Å². The highest BCUT2D eigenvalue weighted by atomic mass is 32.2. The van der Waals surface area contributed by atoms with Crippen LogP contribution in [0.5, 0.6) is 11.5 Å². The van der Waals surface area contributed by atoms with E-state index >= 15 is 0 Å².